The van der Waals surface area contributed by atoms with E-state index in [1.165, 1.54) is 18.3 Å². The van der Waals surface area contributed by atoms with E-state index in [1.807, 2.05) is 0 Å². The minimum atomic E-state index is -4.46. The van der Waals surface area contributed by atoms with Crippen molar-refractivity contribution in [3.63, 3.8) is 0 Å². The fourth-order valence-corrected chi connectivity index (χ4v) is 4.50. The Kier molecular flexibility index (Phi) is 6.19. The van der Waals surface area contributed by atoms with E-state index in [1.54, 1.807) is 12.1 Å². The van der Waals surface area contributed by atoms with Crippen LogP contribution in [0.3, 0.4) is 0 Å². The maximum atomic E-state index is 13.2. The van der Waals surface area contributed by atoms with Crippen molar-refractivity contribution < 1.29 is 32.5 Å². The summed E-state index contributed by atoms with van der Waals surface area (Å²) >= 11 is 0. The van der Waals surface area contributed by atoms with Gasteiger partial charge >= 0.3 is 12.3 Å². The van der Waals surface area contributed by atoms with Gasteiger partial charge in [0.15, 0.2) is 11.5 Å². The third kappa shape index (κ3) is 4.86. The van der Waals surface area contributed by atoms with Crippen LogP contribution in [-0.2, 0) is 11.3 Å². The van der Waals surface area contributed by atoms with Gasteiger partial charge in [0.1, 0.15) is 18.1 Å². The highest BCUT2D eigenvalue weighted by Crippen LogP contribution is 2.38. The van der Waals surface area contributed by atoms with Crippen LogP contribution in [0, 0.1) is 0 Å². The summed E-state index contributed by atoms with van der Waals surface area (Å²) in [6, 6.07) is 6.48. The predicted molar refractivity (Wildman–Crippen MR) is 118 cm³/mol. The number of fused-ring (bicyclic) bond motifs is 3. The number of carbonyl (C=O) groups is 1. The van der Waals surface area contributed by atoms with Crippen LogP contribution in [0.15, 0.2) is 30.5 Å². The van der Waals surface area contributed by atoms with E-state index in [2.05, 4.69) is 20.3 Å². The zero-order chi connectivity index (χ0) is 24.6. The molecule has 13 heteroatoms. The van der Waals surface area contributed by atoms with E-state index in [9.17, 15) is 18.0 Å². The van der Waals surface area contributed by atoms with Crippen LogP contribution < -0.4 is 15.0 Å². The molecular weight excluding hydrogens is 469 g/mol. The summed E-state index contributed by atoms with van der Waals surface area (Å²) in [7, 11) is 0. The molecule has 1 amide bonds. The summed E-state index contributed by atoms with van der Waals surface area (Å²) in [5, 5.41) is 15.6. The minimum absolute atomic E-state index is 0.0582. The fourth-order valence-electron chi connectivity index (χ4n) is 4.50. The smallest absolute Gasteiger partial charge is 0.410 e. The third-order valence-electron chi connectivity index (χ3n) is 5.99. The standard InChI is InChI=1S/C22H23F3N6O4/c23-22(24,25)12-30-19-17(9-27-30)20(31-14-3-4-15(31)11-34-10-14)29-18(28-19)13-1-5-16(6-2-13)35-21(33)26-7-8-32/h1-2,5-6,9,14-15,32H,3-4,7-8,10-12H2,(H,26,33). The first kappa shape index (κ1) is 23.3. The van der Waals surface area contributed by atoms with Crippen molar-refractivity contribution in [2.24, 2.45) is 0 Å². The first-order chi connectivity index (χ1) is 16.8. The Hall–Kier alpha value is -3.45. The summed E-state index contributed by atoms with van der Waals surface area (Å²) in [6.07, 6.45) is -1.97. The average Bonchev–Trinajstić information content (AvgIpc) is 3.33. The Morgan fingerprint density at radius 3 is 2.54 bits per heavy atom. The molecule has 5 rings (SSSR count). The van der Waals surface area contributed by atoms with E-state index in [-0.39, 0.29) is 42.5 Å². The molecule has 1 aromatic carbocycles. The van der Waals surface area contributed by atoms with Crippen molar-refractivity contribution in [3.8, 4) is 17.1 Å². The second-order valence-corrected chi connectivity index (χ2v) is 8.42. The number of rotatable bonds is 6. The van der Waals surface area contributed by atoms with E-state index < -0.39 is 18.8 Å². The summed E-state index contributed by atoms with van der Waals surface area (Å²) in [6.45, 7) is -0.371. The van der Waals surface area contributed by atoms with Crippen molar-refractivity contribution in [2.75, 3.05) is 31.3 Å². The number of nitrogens with zero attached hydrogens (tertiary/aromatic N) is 5. The largest absolute Gasteiger partial charge is 0.412 e. The van der Waals surface area contributed by atoms with Gasteiger partial charge in [-0.15, -0.1) is 0 Å². The molecule has 2 saturated heterocycles. The number of benzene rings is 1. The minimum Gasteiger partial charge on any atom is -0.410 e. The molecule has 2 atom stereocenters. The van der Waals surface area contributed by atoms with Crippen LogP contribution in [0.25, 0.3) is 22.4 Å². The number of aliphatic hydroxyl groups is 1. The molecule has 2 unspecified atom stereocenters. The molecule has 0 spiro atoms. The first-order valence-corrected chi connectivity index (χ1v) is 11.2. The number of halogens is 3. The highest BCUT2D eigenvalue weighted by Gasteiger charge is 2.40. The number of amides is 1. The second-order valence-electron chi connectivity index (χ2n) is 8.42. The molecule has 3 aromatic rings. The molecule has 0 saturated carbocycles. The molecule has 2 aromatic heterocycles. The Morgan fingerprint density at radius 1 is 1.17 bits per heavy atom. The number of anilines is 1. The SMILES string of the molecule is O=C(NCCO)Oc1ccc(-c2nc(N3C4CCC3COC4)c3cnn(CC(F)(F)F)c3n2)cc1. The van der Waals surface area contributed by atoms with Gasteiger partial charge in [-0.3, -0.25) is 0 Å². The van der Waals surface area contributed by atoms with Crippen LogP contribution in [0.2, 0.25) is 0 Å². The number of aromatic nitrogens is 4. The molecular formula is C22H23F3N6O4. The highest BCUT2D eigenvalue weighted by atomic mass is 19.4. The van der Waals surface area contributed by atoms with Gasteiger partial charge in [0.2, 0.25) is 0 Å². The topological polar surface area (TPSA) is 115 Å². The predicted octanol–water partition coefficient (Wildman–Crippen LogP) is 2.50. The van der Waals surface area contributed by atoms with Crippen LogP contribution in [0.1, 0.15) is 12.8 Å². The molecule has 2 aliphatic rings. The number of morpholine rings is 1. The number of nitrogens with one attached hydrogen (secondary N) is 1. The molecule has 186 valence electrons. The maximum absolute atomic E-state index is 13.2. The Bertz CT molecular complexity index is 1200. The molecule has 4 heterocycles. The molecule has 0 radical (unpaired) electrons. The van der Waals surface area contributed by atoms with Gasteiger partial charge in [-0.2, -0.15) is 18.3 Å². The van der Waals surface area contributed by atoms with Crippen molar-refractivity contribution in [2.45, 2.75) is 37.6 Å². The van der Waals surface area contributed by atoms with Gasteiger partial charge in [0.25, 0.3) is 0 Å². The van der Waals surface area contributed by atoms with Crippen molar-refractivity contribution in [3.05, 3.63) is 30.5 Å². The molecule has 2 bridgehead atoms. The van der Waals surface area contributed by atoms with Gasteiger partial charge in [0.05, 0.1) is 43.5 Å². The van der Waals surface area contributed by atoms with Gasteiger partial charge in [-0.05, 0) is 37.1 Å². The summed E-state index contributed by atoms with van der Waals surface area (Å²) < 4.78 is 51.2. The van der Waals surface area contributed by atoms with E-state index in [4.69, 9.17) is 19.6 Å². The summed E-state index contributed by atoms with van der Waals surface area (Å²) in [4.78, 5) is 23.0. The zero-order valence-electron chi connectivity index (χ0n) is 18.5. The lowest BCUT2D eigenvalue weighted by Gasteiger charge is -2.36. The van der Waals surface area contributed by atoms with Gasteiger partial charge in [-0.25, -0.2) is 19.4 Å². The molecule has 0 aliphatic carbocycles. The summed E-state index contributed by atoms with van der Waals surface area (Å²) in [5.74, 6) is 1.02. The Balaban J connectivity index is 1.53. The maximum Gasteiger partial charge on any atom is 0.412 e. The average molecular weight is 492 g/mol. The quantitative estimate of drug-likeness (QED) is 0.540. The Labute approximate surface area is 197 Å². The monoisotopic (exact) mass is 492 g/mol. The van der Waals surface area contributed by atoms with Crippen molar-refractivity contribution >= 4 is 22.9 Å². The lowest BCUT2D eigenvalue weighted by molar-refractivity contribution is -0.141. The van der Waals surface area contributed by atoms with Crippen molar-refractivity contribution in [1.29, 1.82) is 0 Å². The number of aliphatic hydroxyl groups excluding tert-OH is 1. The lowest BCUT2D eigenvalue weighted by Crippen LogP contribution is -2.46. The molecule has 35 heavy (non-hydrogen) atoms. The first-order valence-electron chi connectivity index (χ1n) is 11.2. The zero-order valence-corrected chi connectivity index (χ0v) is 18.5. The lowest BCUT2D eigenvalue weighted by atomic mass is 10.2. The number of carbonyl (C=O) groups excluding carboxylic acids is 1. The Morgan fingerprint density at radius 2 is 1.89 bits per heavy atom. The van der Waals surface area contributed by atoms with Crippen LogP contribution in [0.5, 0.6) is 5.75 Å². The number of ether oxygens (including phenoxy) is 2. The molecule has 2 aliphatic heterocycles. The number of hydrogen-bond acceptors (Lipinski definition) is 8. The van der Waals surface area contributed by atoms with Gasteiger partial charge in [0, 0.05) is 12.1 Å². The fraction of sp³-hybridized carbons (Fsp3) is 0.455. The molecule has 10 nitrogen and oxygen atoms in total. The van der Waals surface area contributed by atoms with Crippen molar-refractivity contribution in [1.82, 2.24) is 25.1 Å². The molecule has 2 fully saturated rings. The molecule has 2 N–H and O–H groups in total. The number of alkyl halides is 3. The van der Waals surface area contributed by atoms with Gasteiger partial charge < -0.3 is 24.8 Å². The third-order valence-corrected chi connectivity index (χ3v) is 5.99. The summed E-state index contributed by atoms with van der Waals surface area (Å²) in [5.41, 5.74) is 0.633. The van der Waals surface area contributed by atoms with E-state index >= 15 is 0 Å². The highest BCUT2D eigenvalue weighted by molar-refractivity contribution is 5.89. The van der Waals surface area contributed by atoms with E-state index in [0.29, 0.717) is 30.0 Å². The number of hydrogen-bond donors (Lipinski definition) is 2. The van der Waals surface area contributed by atoms with Crippen LogP contribution in [-0.4, -0.2) is 75.6 Å². The van der Waals surface area contributed by atoms with Crippen LogP contribution in [0.4, 0.5) is 23.8 Å². The van der Waals surface area contributed by atoms with Gasteiger partial charge in [-0.1, -0.05) is 0 Å². The van der Waals surface area contributed by atoms with E-state index in [0.717, 1.165) is 17.5 Å². The normalized spacial score (nSPS) is 19.8. The van der Waals surface area contributed by atoms with Crippen LogP contribution >= 0.6 is 0 Å². The second kappa shape index (κ2) is 9.30.